The molecule has 4 aliphatic rings. The Labute approximate surface area is 198 Å². The molecule has 0 aromatic heterocycles. The number of carbonyl (C=O) groups is 4. The molecule has 2 saturated heterocycles. The number of benzene rings is 2. The van der Waals surface area contributed by atoms with E-state index in [0.29, 0.717) is 36.1 Å². The molecule has 2 aromatic carbocycles. The van der Waals surface area contributed by atoms with E-state index >= 15 is 0 Å². The van der Waals surface area contributed by atoms with Gasteiger partial charge in [0.2, 0.25) is 23.6 Å². The van der Waals surface area contributed by atoms with Crippen LogP contribution in [-0.4, -0.2) is 23.6 Å². The van der Waals surface area contributed by atoms with Crippen LogP contribution in [0.15, 0.2) is 60.7 Å². The summed E-state index contributed by atoms with van der Waals surface area (Å²) in [5.74, 6) is -0.698. The van der Waals surface area contributed by atoms with Crippen molar-refractivity contribution in [3.05, 3.63) is 60.7 Å². The van der Waals surface area contributed by atoms with E-state index < -0.39 is 0 Å². The molecule has 2 aliphatic heterocycles. The second-order valence-electron chi connectivity index (χ2n) is 10.3. The van der Waals surface area contributed by atoms with Gasteiger partial charge in [0.1, 0.15) is 0 Å². The Bertz CT molecular complexity index is 1060. The predicted molar refractivity (Wildman–Crippen MR) is 127 cm³/mol. The third-order valence-electron chi connectivity index (χ3n) is 8.63. The predicted octanol–water partition coefficient (Wildman–Crippen LogP) is 4.20. The van der Waals surface area contributed by atoms with Gasteiger partial charge in [0.15, 0.2) is 0 Å². The van der Waals surface area contributed by atoms with Crippen molar-refractivity contribution in [3.8, 4) is 0 Å². The molecular weight excluding hydrogens is 428 g/mol. The van der Waals surface area contributed by atoms with Crippen LogP contribution in [0.4, 0.5) is 11.4 Å². The van der Waals surface area contributed by atoms with Gasteiger partial charge in [-0.1, -0.05) is 36.4 Å². The number of carbonyl (C=O) groups excluding carboxylic acids is 4. The largest absolute Gasteiger partial charge is 0.274 e. The van der Waals surface area contributed by atoms with Crippen LogP contribution in [0.25, 0.3) is 0 Å². The van der Waals surface area contributed by atoms with Crippen molar-refractivity contribution in [2.75, 3.05) is 9.80 Å². The normalized spacial score (nSPS) is 33.3. The monoisotopic (exact) mass is 456 g/mol. The van der Waals surface area contributed by atoms with Crippen LogP contribution >= 0.6 is 0 Å². The summed E-state index contributed by atoms with van der Waals surface area (Å²) in [4.78, 5) is 55.4. The maximum Gasteiger partial charge on any atom is 0.237 e. The molecular formula is C28H28N2O4. The molecule has 6 atom stereocenters. The van der Waals surface area contributed by atoms with Crippen molar-refractivity contribution in [1.29, 1.82) is 0 Å². The van der Waals surface area contributed by atoms with E-state index in [2.05, 4.69) is 0 Å². The molecule has 6 heteroatoms. The summed E-state index contributed by atoms with van der Waals surface area (Å²) in [7, 11) is 0. The minimum atomic E-state index is -0.272. The Morgan fingerprint density at radius 3 is 1.21 bits per heavy atom. The lowest BCUT2D eigenvalue weighted by molar-refractivity contribution is -0.124. The molecule has 0 radical (unpaired) electrons. The van der Waals surface area contributed by atoms with Gasteiger partial charge in [-0.2, -0.15) is 0 Å². The number of hydrogen-bond acceptors (Lipinski definition) is 4. The smallest absolute Gasteiger partial charge is 0.237 e. The Morgan fingerprint density at radius 2 is 0.824 bits per heavy atom. The van der Waals surface area contributed by atoms with Gasteiger partial charge in [0, 0.05) is 0 Å². The van der Waals surface area contributed by atoms with E-state index in [1.54, 1.807) is 0 Å². The molecule has 2 aliphatic carbocycles. The number of fused-ring (bicyclic) bond motifs is 2. The summed E-state index contributed by atoms with van der Waals surface area (Å²) in [5.41, 5.74) is 1.31. The van der Waals surface area contributed by atoms with E-state index in [-0.39, 0.29) is 47.3 Å². The van der Waals surface area contributed by atoms with Gasteiger partial charge >= 0.3 is 0 Å². The highest BCUT2D eigenvalue weighted by molar-refractivity contribution is 6.22. The fourth-order valence-corrected chi connectivity index (χ4v) is 6.94. The SMILES string of the molecule is O=C1[C@H]2C[C@@H]([C@@H]3CC[C@@H]4C(=O)N(c5ccccc5)C(=O)[C@@H]4C3)CC[C@H]2C(=O)N1c1ccccc1. The molecule has 34 heavy (non-hydrogen) atoms. The lowest BCUT2D eigenvalue weighted by Crippen LogP contribution is -2.35. The van der Waals surface area contributed by atoms with Crippen LogP contribution in [-0.2, 0) is 19.2 Å². The molecule has 6 rings (SSSR count). The highest BCUT2D eigenvalue weighted by atomic mass is 16.2. The Balaban J connectivity index is 1.17. The van der Waals surface area contributed by atoms with Gasteiger partial charge in [-0.25, -0.2) is 0 Å². The number of hydrogen-bond donors (Lipinski definition) is 0. The third kappa shape index (κ3) is 3.23. The van der Waals surface area contributed by atoms with Gasteiger partial charge in [-0.15, -0.1) is 0 Å². The van der Waals surface area contributed by atoms with E-state index in [0.717, 1.165) is 25.7 Å². The van der Waals surface area contributed by atoms with Gasteiger partial charge in [-0.3, -0.25) is 29.0 Å². The molecule has 0 bridgehead atoms. The number of anilines is 2. The minimum absolute atomic E-state index is 0.0709. The van der Waals surface area contributed by atoms with Crippen LogP contribution in [0.2, 0.25) is 0 Å². The molecule has 0 N–H and O–H groups in total. The van der Waals surface area contributed by atoms with E-state index in [4.69, 9.17) is 0 Å². The lowest BCUT2D eigenvalue weighted by atomic mass is 9.64. The molecule has 0 unspecified atom stereocenters. The summed E-state index contributed by atoms with van der Waals surface area (Å²) < 4.78 is 0. The summed E-state index contributed by atoms with van der Waals surface area (Å²) >= 11 is 0. The zero-order valence-corrected chi connectivity index (χ0v) is 19.0. The van der Waals surface area contributed by atoms with Gasteiger partial charge in [0.05, 0.1) is 35.0 Å². The van der Waals surface area contributed by atoms with Crippen LogP contribution in [0, 0.1) is 35.5 Å². The van der Waals surface area contributed by atoms with Crippen molar-refractivity contribution in [2.45, 2.75) is 38.5 Å². The Hall–Kier alpha value is -3.28. The number of para-hydroxylation sites is 2. The van der Waals surface area contributed by atoms with Crippen molar-refractivity contribution >= 4 is 35.0 Å². The standard InChI is InChI=1S/C28H28N2O4/c31-25-21-13-11-17(15-23(21)27(33)29(25)19-7-3-1-4-8-19)18-12-14-22-24(16-18)28(34)30(26(22)32)20-9-5-2-6-10-20/h1-10,17-18,21-24H,11-16H2/t17-,18+,21+,22-,23-,24+. The zero-order chi connectivity index (χ0) is 23.4. The second-order valence-corrected chi connectivity index (χ2v) is 10.3. The molecule has 174 valence electrons. The molecule has 2 aromatic rings. The topological polar surface area (TPSA) is 74.8 Å². The molecule has 2 heterocycles. The fourth-order valence-electron chi connectivity index (χ4n) is 6.94. The van der Waals surface area contributed by atoms with E-state index in [1.165, 1.54) is 9.80 Å². The van der Waals surface area contributed by atoms with Crippen molar-refractivity contribution in [2.24, 2.45) is 35.5 Å². The fraction of sp³-hybridized carbons (Fsp3) is 0.429. The molecule has 0 spiro atoms. The first-order valence-corrected chi connectivity index (χ1v) is 12.4. The minimum Gasteiger partial charge on any atom is -0.274 e. The maximum atomic E-state index is 13.3. The molecule has 4 amide bonds. The summed E-state index contributed by atoms with van der Waals surface area (Å²) in [6.07, 6.45) is 4.63. The van der Waals surface area contributed by atoms with Crippen LogP contribution in [0.1, 0.15) is 38.5 Å². The Kier molecular flexibility index (Phi) is 5.12. The second kappa shape index (κ2) is 8.19. The first-order chi connectivity index (χ1) is 16.5. The summed E-state index contributed by atoms with van der Waals surface area (Å²) in [6.45, 7) is 0. The number of amides is 4. The lowest BCUT2D eigenvalue weighted by Gasteiger charge is -2.38. The Morgan fingerprint density at radius 1 is 0.471 bits per heavy atom. The maximum absolute atomic E-state index is 13.3. The highest BCUT2D eigenvalue weighted by Gasteiger charge is 2.54. The average molecular weight is 457 g/mol. The number of imide groups is 2. The highest BCUT2D eigenvalue weighted by Crippen LogP contribution is 2.50. The summed E-state index contributed by atoms with van der Waals surface area (Å²) in [6, 6.07) is 18.4. The third-order valence-corrected chi connectivity index (χ3v) is 8.63. The zero-order valence-electron chi connectivity index (χ0n) is 19.0. The van der Waals surface area contributed by atoms with E-state index in [1.807, 2.05) is 60.7 Å². The molecule has 4 fully saturated rings. The first-order valence-electron chi connectivity index (χ1n) is 12.4. The van der Waals surface area contributed by atoms with Crippen LogP contribution in [0.5, 0.6) is 0 Å². The average Bonchev–Trinajstić information content (AvgIpc) is 3.28. The van der Waals surface area contributed by atoms with Crippen molar-refractivity contribution in [3.63, 3.8) is 0 Å². The van der Waals surface area contributed by atoms with Crippen molar-refractivity contribution < 1.29 is 19.2 Å². The first kappa shape index (κ1) is 21.3. The van der Waals surface area contributed by atoms with Gasteiger partial charge in [-0.05, 0) is 74.6 Å². The number of rotatable bonds is 3. The van der Waals surface area contributed by atoms with Gasteiger partial charge < -0.3 is 0 Å². The van der Waals surface area contributed by atoms with Crippen LogP contribution < -0.4 is 9.80 Å². The molecule has 6 nitrogen and oxygen atoms in total. The van der Waals surface area contributed by atoms with Crippen molar-refractivity contribution in [1.82, 2.24) is 0 Å². The van der Waals surface area contributed by atoms with E-state index in [9.17, 15) is 19.2 Å². The number of nitrogens with zero attached hydrogens (tertiary/aromatic N) is 2. The summed E-state index contributed by atoms with van der Waals surface area (Å²) in [5, 5.41) is 0. The van der Waals surface area contributed by atoms with Crippen LogP contribution in [0.3, 0.4) is 0 Å². The van der Waals surface area contributed by atoms with Gasteiger partial charge in [0.25, 0.3) is 0 Å². The quantitative estimate of drug-likeness (QED) is 0.649. The molecule has 2 saturated carbocycles.